The minimum absolute atomic E-state index is 0.0627. The van der Waals surface area contributed by atoms with Gasteiger partial charge in [0.2, 0.25) is 15.9 Å². The summed E-state index contributed by atoms with van der Waals surface area (Å²) >= 11 is 6.36. The van der Waals surface area contributed by atoms with Crippen molar-refractivity contribution < 1.29 is 13.2 Å². The maximum atomic E-state index is 13.8. The third-order valence-corrected chi connectivity index (χ3v) is 9.97. The fourth-order valence-corrected chi connectivity index (χ4v) is 7.95. The second-order valence-corrected chi connectivity index (χ2v) is 12.3. The fourth-order valence-electron chi connectivity index (χ4n) is 5.57. The predicted molar refractivity (Wildman–Crippen MR) is 145 cm³/mol. The molecule has 37 heavy (non-hydrogen) atoms. The van der Waals surface area contributed by atoms with E-state index in [2.05, 4.69) is 34.5 Å². The average molecular weight is 541 g/mol. The maximum Gasteiger partial charge on any atom is 0.245 e. The molecule has 0 aliphatic carbocycles. The summed E-state index contributed by atoms with van der Waals surface area (Å²) in [7, 11) is -3.91. The number of benzene rings is 2. The Morgan fingerprint density at radius 3 is 2.62 bits per heavy atom. The van der Waals surface area contributed by atoms with Gasteiger partial charge in [0.05, 0.1) is 11.1 Å². The molecule has 0 radical (unpaired) electrons. The molecule has 3 aromatic rings. The molecule has 2 aliphatic heterocycles. The second-order valence-electron chi connectivity index (χ2n) is 10.0. The van der Waals surface area contributed by atoms with E-state index in [0.717, 1.165) is 31.7 Å². The second kappa shape index (κ2) is 11.0. The van der Waals surface area contributed by atoms with Gasteiger partial charge in [0.1, 0.15) is 4.90 Å². The zero-order chi connectivity index (χ0) is 26.0. The Kier molecular flexibility index (Phi) is 7.72. The lowest BCUT2D eigenvalue weighted by molar-refractivity contribution is -0.122. The molecule has 196 valence electrons. The van der Waals surface area contributed by atoms with Gasteiger partial charge >= 0.3 is 0 Å². The first kappa shape index (κ1) is 26.0. The highest BCUT2D eigenvalue weighted by Gasteiger charge is 2.39. The fraction of sp³-hybridized carbons (Fsp3) is 0.393. The molecule has 1 N–H and O–H groups in total. The van der Waals surface area contributed by atoms with Crippen LogP contribution in [0, 0.1) is 12.8 Å². The van der Waals surface area contributed by atoms with Gasteiger partial charge in [0, 0.05) is 51.0 Å². The number of sulfonamides is 1. The van der Waals surface area contributed by atoms with Gasteiger partial charge in [0.15, 0.2) is 0 Å². The van der Waals surface area contributed by atoms with Gasteiger partial charge < -0.3 is 9.88 Å². The molecule has 0 bridgehead atoms. The summed E-state index contributed by atoms with van der Waals surface area (Å²) < 4.78 is 31.1. The standard InChI is InChI=1S/C28H33ClN4O3S/c1-21-7-5-10-24(29)28(21)37(35,36)33-16-15-32-13-6-11-25(32)26(33)17-27(34)30-18-23-12-14-31(20-23)19-22-8-3-2-4-9-22/h2-11,13,23,26H,12,14-20H2,1H3,(H,30,34). The molecule has 2 aliphatic rings. The van der Waals surface area contributed by atoms with E-state index < -0.39 is 16.1 Å². The zero-order valence-corrected chi connectivity index (χ0v) is 22.6. The first-order valence-corrected chi connectivity index (χ1v) is 14.6. The van der Waals surface area contributed by atoms with Crippen LogP contribution in [0.1, 0.15) is 35.7 Å². The quantitative estimate of drug-likeness (QED) is 0.464. The van der Waals surface area contributed by atoms with Crippen LogP contribution in [-0.4, -0.2) is 54.3 Å². The van der Waals surface area contributed by atoms with Crippen molar-refractivity contribution in [1.82, 2.24) is 19.1 Å². The van der Waals surface area contributed by atoms with Crippen LogP contribution in [0.25, 0.3) is 0 Å². The van der Waals surface area contributed by atoms with E-state index in [-0.39, 0.29) is 28.8 Å². The summed E-state index contributed by atoms with van der Waals surface area (Å²) in [5.74, 6) is 0.241. The largest absolute Gasteiger partial charge is 0.356 e. The molecule has 0 saturated carbocycles. The summed E-state index contributed by atoms with van der Waals surface area (Å²) in [5.41, 5.74) is 2.71. The Morgan fingerprint density at radius 2 is 1.84 bits per heavy atom. The molecule has 1 amide bonds. The number of carbonyl (C=O) groups is 1. The van der Waals surface area contributed by atoms with E-state index in [4.69, 9.17) is 11.6 Å². The molecule has 1 aromatic heterocycles. The Labute approximate surface area is 224 Å². The van der Waals surface area contributed by atoms with Gasteiger partial charge in [-0.2, -0.15) is 4.31 Å². The lowest BCUT2D eigenvalue weighted by atomic mass is 10.1. The van der Waals surface area contributed by atoms with E-state index in [1.54, 1.807) is 25.1 Å². The van der Waals surface area contributed by atoms with Crippen molar-refractivity contribution in [2.45, 2.75) is 43.8 Å². The summed E-state index contributed by atoms with van der Waals surface area (Å²) in [6, 6.07) is 18.7. The number of nitrogens with one attached hydrogen (secondary N) is 1. The average Bonchev–Trinajstić information content (AvgIpc) is 3.53. The van der Waals surface area contributed by atoms with Crippen molar-refractivity contribution in [3.63, 3.8) is 0 Å². The van der Waals surface area contributed by atoms with Crippen LogP contribution in [0.4, 0.5) is 0 Å². The van der Waals surface area contributed by atoms with Gasteiger partial charge in [-0.1, -0.05) is 54.1 Å². The number of aryl methyl sites for hydroxylation is 1. The van der Waals surface area contributed by atoms with Crippen LogP contribution in [0.15, 0.2) is 71.8 Å². The van der Waals surface area contributed by atoms with Gasteiger partial charge in [0.25, 0.3) is 0 Å². The SMILES string of the molecule is Cc1cccc(Cl)c1S(=O)(=O)N1CCn2cccc2C1CC(=O)NCC1CCN(Cc2ccccc2)C1. The van der Waals surface area contributed by atoms with E-state index in [1.807, 2.05) is 29.0 Å². The van der Waals surface area contributed by atoms with Crippen LogP contribution in [0.5, 0.6) is 0 Å². The number of fused-ring (bicyclic) bond motifs is 1. The van der Waals surface area contributed by atoms with Crippen LogP contribution in [0.3, 0.4) is 0 Å². The number of amides is 1. The van der Waals surface area contributed by atoms with Gasteiger partial charge in [-0.05, 0) is 55.1 Å². The smallest absolute Gasteiger partial charge is 0.245 e. The highest BCUT2D eigenvalue weighted by Crippen LogP contribution is 2.37. The van der Waals surface area contributed by atoms with Gasteiger partial charge in [-0.15, -0.1) is 0 Å². The minimum atomic E-state index is -3.91. The molecule has 0 spiro atoms. The highest BCUT2D eigenvalue weighted by molar-refractivity contribution is 7.89. The molecular formula is C28H33ClN4O3S. The minimum Gasteiger partial charge on any atom is -0.356 e. The number of aromatic nitrogens is 1. The van der Waals surface area contributed by atoms with Crippen LogP contribution in [0.2, 0.25) is 5.02 Å². The van der Waals surface area contributed by atoms with Crippen LogP contribution < -0.4 is 5.32 Å². The third-order valence-electron chi connectivity index (χ3n) is 7.43. The van der Waals surface area contributed by atoms with Crippen molar-refractivity contribution >= 4 is 27.5 Å². The molecule has 5 rings (SSSR count). The number of likely N-dealkylation sites (tertiary alicyclic amines) is 1. The van der Waals surface area contributed by atoms with Crippen LogP contribution in [-0.2, 0) is 27.9 Å². The molecular weight excluding hydrogens is 508 g/mol. The summed E-state index contributed by atoms with van der Waals surface area (Å²) in [6.07, 6.45) is 3.03. The number of nitrogens with zero attached hydrogens (tertiary/aromatic N) is 3. The van der Waals surface area contributed by atoms with E-state index in [1.165, 1.54) is 9.87 Å². The number of hydrogen-bond acceptors (Lipinski definition) is 4. The number of halogens is 1. The molecule has 3 heterocycles. The first-order valence-electron chi connectivity index (χ1n) is 12.8. The topological polar surface area (TPSA) is 74.6 Å². The Morgan fingerprint density at radius 1 is 1.03 bits per heavy atom. The normalized spacial score (nSPS) is 20.6. The Bertz CT molecular complexity index is 1340. The summed E-state index contributed by atoms with van der Waals surface area (Å²) in [4.78, 5) is 15.7. The number of carbonyl (C=O) groups excluding carboxylic acids is 1. The molecule has 7 nitrogen and oxygen atoms in total. The lowest BCUT2D eigenvalue weighted by Gasteiger charge is -2.36. The van der Waals surface area contributed by atoms with E-state index in [0.29, 0.717) is 24.6 Å². The molecule has 1 saturated heterocycles. The predicted octanol–water partition coefficient (Wildman–Crippen LogP) is 4.22. The Hall–Kier alpha value is -2.65. The van der Waals surface area contributed by atoms with Crippen molar-refractivity contribution in [2.75, 3.05) is 26.2 Å². The third kappa shape index (κ3) is 5.62. The number of rotatable bonds is 8. The zero-order valence-electron chi connectivity index (χ0n) is 21.0. The van der Waals surface area contributed by atoms with Gasteiger partial charge in [-0.25, -0.2) is 8.42 Å². The van der Waals surface area contributed by atoms with Gasteiger partial charge in [-0.3, -0.25) is 9.69 Å². The maximum absolute atomic E-state index is 13.8. The van der Waals surface area contributed by atoms with Crippen molar-refractivity contribution in [2.24, 2.45) is 5.92 Å². The number of hydrogen-bond donors (Lipinski definition) is 1. The Balaban J connectivity index is 1.26. The lowest BCUT2D eigenvalue weighted by Crippen LogP contribution is -2.44. The molecule has 9 heteroatoms. The van der Waals surface area contributed by atoms with Crippen molar-refractivity contribution in [1.29, 1.82) is 0 Å². The molecule has 2 aromatic carbocycles. The molecule has 2 atom stereocenters. The molecule has 1 fully saturated rings. The molecule has 2 unspecified atom stereocenters. The highest BCUT2D eigenvalue weighted by atomic mass is 35.5. The monoisotopic (exact) mass is 540 g/mol. The van der Waals surface area contributed by atoms with E-state index in [9.17, 15) is 13.2 Å². The summed E-state index contributed by atoms with van der Waals surface area (Å²) in [5, 5.41) is 3.29. The van der Waals surface area contributed by atoms with Crippen LogP contribution >= 0.6 is 11.6 Å². The van der Waals surface area contributed by atoms with E-state index >= 15 is 0 Å². The van der Waals surface area contributed by atoms with Crippen molar-refractivity contribution in [3.8, 4) is 0 Å². The van der Waals surface area contributed by atoms with Crippen molar-refractivity contribution in [3.05, 3.63) is 88.7 Å². The summed E-state index contributed by atoms with van der Waals surface area (Å²) in [6.45, 7) is 6.01. The first-order chi connectivity index (χ1) is 17.8.